The minimum atomic E-state index is 0. The van der Waals surface area contributed by atoms with Crippen LogP contribution in [0.4, 0.5) is 5.69 Å². The number of rotatable bonds is 1. The molecular weight excluding hydrogens is 174 g/mol. The molecule has 0 aromatic heterocycles. The second kappa shape index (κ2) is 4.21. The van der Waals surface area contributed by atoms with E-state index in [0.717, 1.165) is 11.3 Å². The number of methoxy groups -OCH3 is 1. The number of aryl methyl sites for hydroxylation is 2. The molecule has 0 amide bonds. The summed E-state index contributed by atoms with van der Waals surface area (Å²) in [6.07, 6.45) is 0. The first-order chi connectivity index (χ1) is 5.15. The summed E-state index contributed by atoms with van der Waals surface area (Å²) in [6.45, 7) is 4.00. The van der Waals surface area contributed by atoms with Crippen LogP contribution in [0.15, 0.2) is 12.1 Å². The molecule has 0 saturated heterocycles. The largest absolute Gasteiger partial charge is 0.494 e. The molecule has 1 aromatic rings. The average molecular weight is 188 g/mol. The topological polar surface area (TPSA) is 35.2 Å². The van der Waals surface area contributed by atoms with E-state index in [9.17, 15) is 0 Å². The molecule has 0 aliphatic heterocycles. The molecule has 0 saturated carbocycles. The summed E-state index contributed by atoms with van der Waals surface area (Å²) in [6, 6.07) is 3.96. The van der Waals surface area contributed by atoms with Crippen molar-refractivity contribution in [1.82, 2.24) is 0 Å². The van der Waals surface area contributed by atoms with E-state index in [-0.39, 0.29) is 12.4 Å². The molecule has 0 aliphatic rings. The summed E-state index contributed by atoms with van der Waals surface area (Å²) >= 11 is 0. The lowest BCUT2D eigenvalue weighted by Crippen LogP contribution is -1.95. The van der Waals surface area contributed by atoms with Crippen LogP contribution in [-0.4, -0.2) is 7.11 Å². The Kier molecular flexibility index (Phi) is 3.90. The van der Waals surface area contributed by atoms with Crippen molar-refractivity contribution in [3.63, 3.8) is 0 Å². The zero-order chi connectivity index (χ0) is 8.43. The van der Waals surface area contributed by atoms with Crippen LogP contribution in [0.2, 0.25) is 0 Å². The third kappa shape index (κ3) is 2.05. The van der Waals surface area contributed by atoms with Gasteiger partial charge in [0.1, 0.15) is 5.75 Å². The van der Waals surface area contributed by atoms with Gasteiger partial charge in [-0.2, -0.15) is 0 Å². The number of nitrogen functional groups attached to an aromatic ring is 1. The van der Waals surface area contributed by atoms with Crippen molar-refractivity contribution in [2.24, 2.45) is 0 Å². The van der Waals surface area contributed by atoms with Crippen LogP contribution < -0.4 is 10.5 Å². The molecule has 3 heteroatoms. The van der Waals surface area contributed by atoms with Crippen LogP contribution in [0.1, 0.15) is 11.1 Å². The van der Waals surface area contributed by atoms with E-state index in [1.165, 1.54) is 5.56 Å². The van der Waals surface area contributed by atoms with E-state index in [1.807, 2.05) is 19.9 Å². The molecule has 0 fully saturated rings. The van der Waals surface area contributed by atoms with Crippen LogP contribution in [0.5, 0.6) is 5.75 Å². The highest BCUT2D eigenvalue weighted by molar-refractivity contribution is 5.85. The molecule has 2 nitrogen and oxygen atoms in total. The fourth-order valence-electron chi connectivity index (χ4n) is 1.27. The lowest BCUT2D eigenvalue weighted by atomic mass is 10.1. The Morgan fingerprint density at radius 3 is 2.25 bits per heavy atom. The van der Waals surface area contributed by atoms with Gasteiger partial charge in [0.15, 0.2) is 0 Å². The standard InChI is InChI=1S/C9H13NO.ClH/c1-6-4-7(2)9(11-3)8(10)5-6;/h4-5H,10H2,1-3H3;1H. The monoisotopic (exact) mass is 187 g/mol. The van der Waals surface area contributed by atoms with Gasteiger partial charge in [-0.15, -0.1) is 12.4 Å². The van der Waals surface area contributed by atoms with E-state index in [4.69, 9.17) is 10.5 Å². The maximum Gasteiger partial charge on any atom is 0.144 e. The summed E-state index contributed by atoms with van der Waals surface area (Å²) in [5.41, 5.74) is 8.68. The number of nitrogens with two attached hydrogens (primary N) is 1. The Balaban J connectivity index is 0.00000121. The Hall–Kier alpha value is -0.890. The SMILES string of the molecule is COc1c(C)cc(C)cc1N.Cl. The van der Waals surface area contributed by atoms with Crippen molar-refractivity contribution in [1.29, 1.82) is 0 Å². The van der Waals surface area contributed by atoms with Crippen LogP contribution in [0.25, 0.3) is 0 Å². The molecule has 0 radical (unpaired) electrons. The summed E-state index contributed by atoms with van der Waals surface area (Å²) in [7, 11) is 1.63. The van der Waals surface area contributed by atoms with Gasteiger partial charge in [-0.1, -0.05) is 6.07 Å². The predicted molar refractivity (Wildman–Crippen MR) is 54.1 cm³/mol. The van der Waals surface area contributed by atoms with Crippen LogP contribution in [0.3, 0.4) is 0 Å². The summed E-state index contributed by atoms with van der Waals surface area (Å²) < 4.78 is 5.11. The van der Waals surface area contributed by atoms with Gasteiger partial charge in [-0.25, -0.2) is 0 Å². The van der Waals surface area contributed by atoms with Gasteiger partial charge in [0, 0.05) is 0 Å². The minimum Gasteiger partial charge on any atom is -0.494 e. The van der Waals surface area contributed by atoms with Crippen LogP contribution >= 0.6 is 12.4 Å². The molecule has 0 unspecified atom stereocenters. The summed E-state index contributed by atoms with van der Waals surface area (Å²) in [5, 5.41) is 0. The smallest absolute Gasteiger partial charge is 0.144 e. The summed E-state index contributed by atoms with van der Waals surface area (Å²) in [5.74, 6) is 0.788. The molecule has 0 atom stereocenters. The lowest BCUT2D eigenvalue weighted by Gasteiger charge is -2.08. The van der Waals surface area contributed by atoms with Crippen molar-refractivity contribution < 1.29 is 4.74 Å². The molecule has 2 N–H and O–H groups in total. The highest BCUT2D eigenvalue weighted by Crippen LogP contribution is 2.26. The quantitative estimate of drug-likeness (QED) is 0.685. The first kappa shape index (κ1) is 11.1. The van der Waals surface area contributed by atoms with Crippen molar-refractivity contribution in [2.75, 3.05) is 12.8 Å². The molecule has 0 aliphatic carbocycles. The first-order valence-electron chi connectivity index (χ1n) is 3.56. The van der Waals surface area contributed by atoms with Gasteiger partial charge in [-0.3, -0.25) is 0 Å². The maximum atomic E-state index is 5.71. The fourth-order valence-corrected chi connectivity index (χ4v) is 1.27. The highest BCUT2D eigenvalue weighted by atomic mass is 35.5. The fraction of sp³-hybridized carbons (Fsp3) is 0.333. The zero-order valence-electron chi connectivity index (χ0n) is 7.55. The third-order valence-electron chi connectivity index (χ3n) is 1.65. The molecular formula is C9H14ClNO. The molecule has 0 heterocycles. The van der Waals surface area contributed by atoms with Gasteiger partial charge in [0.05, 0.1) is 12.8 Å². The normalized spacial score (nSPS) is 8.92. The third-order valence-corrected chi connectivity index (χ3v) is 1.65. The van der Waals surface area contributed by atoms with Crippen molar-refractivity contribution in [3.8, 4) is 5.75 Å². The number of benzene rings is 1. The average Bonchev–Trinajstić information content (AvgIpc) is 1.85. The van der Waals surface area contributed by atoms with Gasteiger partial charge < -0.3 is 10.5 Å². The zero-order valence-corrected chi connectivity index (χ0v) is 8.37. The van der Waals surface area contributed by atoms with Crippen LogP contribution in [0, 0.1) is 13.8 Å². The lowest BCUT2D eigenvalue weighted by molar-refractivity contribution is 0.414. The number of anilines is 1. The Bertz CT molecular complexity index is 250. The second-order valence-electron chi connectivity index (χ2n) is 2.70. The van der Waals surface area contributed by atoms with Crippen molar-refractivity contribution in [2.45, 2.75) is 13.8 Å². The second-order valence-corrected chi connectivity index (χ2v) is 2.70. The number of ether oxygens (including phenoxy) is 1. The van der Waals surface area contributed by atoms with E-state index < -0.39 is 0 Å². The highest BCUT2D eigenvalue weighted by Gasteiger charge is 2.02. The predicted octanol–water partition coefficient (Wildman–Crippen LogP) is 2.32. The van der Waals surface area contributed by atoms with Crippen molar-refractivity contribution >= 4 is 18.1 Å². The van der Waals surface area contributed by atoms with E-state index >= 15 is 0 Å². The Morgan fingerprint density at radius 2 is 1.83 bits per heavy atom. The maximum absolute atomic E-state index is 5.71. The number of halogens is 1. The van der Waals surface area contributed by atoms with Gasteiger partial charge in [0.2, 0.25) is 0 Å². The minimum absolute atomic E-state index is 0. The van der Waals surface area contributed by atoms with E-state index in [0.29, 0.717) is 5.69 Å². The van der Waals surface area contributed by atoms with E-state index in [2.05, 4.69) is 6.07 Å². The molecule has 1 rings (SSSR count). The van der Waals surface area contributed by atoms with Gasteiger partial charge in [0.25, 0.3) is 0 Å². The molecule has 0 spiro atoms. The molecule has 68 valence electrons. The van der Waals surface area contributed by atoms with Gasteiger partial charge in [-0.05, 0) is 31.0 Å². The van der Waals surface area contributed by atoms with Crippen molar-refractivity contribution in [3.05, 3.63) is 23.3 Å². The van der Waals surface area contributed by atoms with Crippen LogP contribution in [-0.2, 0) is 0 Å². The number of hydrogen-bond donors (Lipinski definition) is 1. The summed E-state index contributed by atoms with van der Waals surface area (Å²) in [4.78, 5) is 0. The molecule has 0 bridgehead atoms. The number of hydrogen-bond acceptors (Lipinski definition) is 2. The molecule has 12 heavy (non-hydrogen) atoms. The Labute approximate surface area is 79.1 Å². The molecule has 1 aromatic carbocycles. The van der Waals surface area contributed by atoms with E-state index in [1.54, 1.807) is 7.11 Å². The first-order valence-corrected chi connectivity index (χ1v) is 3.56. The van der Waals surface area contributed by atoms with Gasteiger partial charge >= 0.3 is 0 Å². The Morgan fingerprint density at radius 1 is 1.25 bits per heavy atom.